The Morgan fingerprint density at radius 3 is 2.00 bits per heavy atom. The van der Waals surface area contributed by atoms with E-state index < -0.39 is 0 Å². The molecular weight excluding hydrogens is 293 g/mol. The monoisotopic (exact) mass is 313 g/mol. The van der Waals surface area contributed by atoms with Crippen molar-refractivity contribution in [1.82, 2.24) is 9.80 Å². The largest absolute Gasteiger partial charge is 0.356 e. The molecule has 5 heteroatoms. The van der Waals surface area contributed by atoms with E-state index in [1.807, 2.05) is 29.2 Å². The van der Waals surface area contributed by atoms with Crippen LogP contribution < -0.4 is 5.32 Å². The Kier molecular flexibility index (Phi) is 4.57. The fourth-order valence-electron chi connectivity index (χ4n) is 2.59. The van der Waals surface area contributed by atoms with Crippen LogP contribution in [0, 0.1) is 5.82 Å². The van der Waals surface area contributed by atoms with E-state index in [1.54, 1.807) is 12.1 Å². The lowest BCUT2D eigenvalue weighted by atomic mass is 10.1. The lowest BCUT2D eigenvalue weighted by molar-refractivity contribution is 0.0664. The van der Waals surface area contributed by atoms with Crippen molar-refractivity contribution in [2.75, 3.05) is 38.5 Å². The van der Waals surface area contributed by atoms with Crippen LogP contribution >= 0.6 is 0 Å². The molecule has 1 saturated heterocycles. The summed E-state index contributed by atoms with van der Waals surface area (Å²) in [7, 11) is 2.07. The van der Waals surface area contributed by atoms with Gasteiger partial charge in [-0.1, -0.05) is 0 Å². The molecule has 1 aliphatic rings. The molecule has 2 aromatic rings. The normalized spacial score (nSPS) is 15.5. The number of piperazine rings is 1. The maximum atomic E-state index is 12.9. The Bertz CT molecular complexity index is 662. The first-order valence-corrected chi connectivity index (χ1v) is 7.72. The zero-order chi connectivity index (χ0) is 16.2. The lowest BCUT2D eigenvalue weighted by Crippen LogP contribution is -2.47. The van der Waals surface area contributed by atoms with Gasteiger partial charge in [-0.3, -0.25) is 4.79 Å². The second-order valence-corrected chi connectivity index (χ2v) is 5.80. The molecule has 0 unspecified atom stereocenters. The highest BCUT2D eigenvalue weighted by Gasteiger charge is 2.20. The molecule has 120 valence electrons. The quantitative estimate of drug-likeness (QED) is 0.946. The maximum Gasteiger partial charge on any atom is 0.253 e. The first kappa shape index (κ1) is 15.5. The van der Waals surface area contributed by atoms with E-state index in [4.69, 9.17) is 0 Å². The second-order valence-electron chi connectivity index (χ2n) is 5.80. The molecule has 0 saturated carbocycles. The van der Waals surface area contributed by atoms with Gasteiger partial charge in [0, 0.05) is 43.1 Å². The Morgan fingerprint density at radius 2 is 1.43 bits per heavy atom. The lowest BCUT2D eigenvalue weighted by Gasteiger charge is -2.32. The minimum absolute atomic E-state index is 0.0754. The van der Waals surface area contributed by atoms with E-state index in [0.717, 1.165) is 37.6 Å². The Morgan fingerprint density at radius 1 is 0.913 bits per heavy atom. The molecule has 0 spiro atoms. The summed E-state index contributed by atoms with van der Waals surface area (Å²) in [5.41, 5.74) is 2.37. The summed E-state index contributed by atoms with van der Waals surface area (Å²) < 4.78 is 12.9. The van der Waals surface area contributed by atoms with E-state index >= 15 is 0 Å². The third-order valence-electron chi connectivity index (χ3n) is 4.06. The van der Waals surface area contributed by atoms with Gasteiger partial charge in [-0.05, 0) is 55.6 Å². The average molecular weight is 313 g/mol. The predicted octanol–water partition coefficient (Wildman–Crippen LogP) is 2.96. The number of amides is 1. The van der Waals surface area contributed by atoms with Gasteiger partial charge in [-0.2, -0.15) is 0 Å². The number of hydrogen-bond acceptors (Lipinski definition) is 3. The molecular formula is C18H20FN3O. The molecule has 1 fully saturated rings. The number of carbonyl (C=O) groups excluding carboxylic acids is 1. The topological polar surface area (TPSA) is 35.6 Å². The number of nitrogens with one attached hydrogen (secondary N) is 1. The molecule has 1 heterocycles. The summed E-state index contributed by atoms with van der Waals surface area (Å²) >= 11 is 0. The van der Waals surface area contributed by atoms with Crippen molar-refractivity contribution in [3.8, 4) is 0 Å². The smallest absolute Gasteiger partial charge is 0.253 e. The summed E-state index contributed by atoms with van der Waals surface area (Å²) in [5, 5.41) is 3.18. The summed E-state index contributed by atoms with van der Waals surface area (Å²) in [6, 6.07) is 13.6. The number of hydrogen-bond donors (Lipinski definition) is 1. The molecule has 0 aromatic heterocycles. The van der Waals surface area contributed by atoms with Gasteiger partial charge in [-0.15, -0.1) is 0 Å². The van der Waals surface area contributed by atoms with Crippen LogP contribution in [0.1, 0.15) is 10.4 Å². The molecule has 0 radical (unpaired) electrons. The van der Waals surface area contributed by atoms with Crippen LogP contribution in [0.3, 0.4) is 0 Å². The number of rotatable bonds is 3. The molecule has 0 aliphatic carbocycles. The Balaban J connectivity index is 1.64. The summed E-state index contributed by atoms with van der Waals surface area (Å²) in [6.07, 6.45) is 0. The number of carbonyl (C=O) groups is 1. The molecule has 2 aromatic carbocycles. The highest BCUT2D eigenvalue weighted by Crippen LogP contribution is 2.18. The first-order valence-electron chi connectivity index (χ1n) is 7.72. The number of halogens is 1. The summed E-state index contributed by atoms with van der Waals surface area (Å²) in [4.78, 5) is 16.6. The van der Waals surface area contributed by atoms with Crippen LogP contribution in [0.15, 0.2) is 48.5 Å². The number of benzene rings is 2. The van der Waals surface area contributed by atoms with E-state index in [-0.39, 0.29) is 11.7 Å². The molecule has 4 nitrogen and oxygen atoms in total. The second kappa shape index (κ2) is 6.79. The van der Waals surface area contributed by atoms with Gasteiger partial charge < -0.3 is 15.1 Å². The van der Waals surface area contributed by atoms with Crippen molar-refractivity contribution in [2.24, 2.45) is 0 Å². The van der Waals surface area contributed by atoms with Gasteiger partial charge in [0.1, 0.15) is 5.82 Å². The molecule has 0 atom stereocenters. The Labute approximate surface area is 135 Å². The number of nitrogens with zero attached hydrogens (tertiary/aromatic N) is 2. The van der Waals surface area contributed by atoms with Gasteiger partial charge >= 0.3 is 0 Å². The highest BCUT2D eigenvalue weighted by molar-refractivity contribution is 5.94. The molecule has 1 N–H and O–H groups in total. The molecule has 3 rings (SSSR count). The molecule has 0 bridgehead atoms. The van der Waals surface area contributed by atoms with Crippen LogP contribution in [-0.2, 0) is 0 Å². The van der Waals surface area contributed by atoms with Crippen LogP contribution in [0.5, 0.6) is 0 Å². The SMILES string of the molecule is CN1CCN(C(=O)c2ccc(Nc3ccc(F)cc3)cc2)CC1. The average Bonchev–Trinajstić information content (AvgIpc) is 2.58. The van der Waals surface area contributed by atoms with Crippen molar-refractivity contribution in [3.05, 3.63) is 59.9 Å². The summed E-state index contributed by atoms with van der Waals surface area (Å²) in [6.45, 7) is 3.36. The van der Waals surface area contributed by atoms with Crippen LogP contribution in [0.2, 0.25) is 0 Å². The van der Waals surface area contributed by atoms with Crippen molar-refractivity contribution >= 4 is 17.3 Å². The van der Waals surface area contributed by atoms with Crippen LogP contribution in [0.25, 0.3) is 0 Å². The van der Waals surface area contributed by atoms with Crippen molar-refractivity contribution in [1.29, 1.82) is 0 Å². The first-order chi connectivity index (χ1) is 11.1. The number of likely N-dealkylation sites (N-methyl/N-ethyl adjacent to an activating group) is 1. The van der Waals surface area contributed by atoms with Gasteiger partial charge in [-0.25, -0.2) is 4.39 Å². The third kappa shape index (κ3) is 3.87. The minimum atomic E-state index is -0.260. The van der Waals surface area contributed by atoms with E-state index in [9.17, 15) is 9.18 Å². The number of anilines is 2. The maximum absolute atomic E-state index is 12.9. The summed E-state index contributed by atoms with van der Waals surface area (Å²) in [5.74, 6) is -0.185. The van der Waals surface area contributed by atoms with Crippen molar-refractivity contribution in [2.45, 2.75) is 0 Å². The molecule has 23 heavy (non-hydrogen) atoms. The zero-order valence-corrected chi connectivity index (χ0v) is 13.1. The van der Waals surface area contributed by atoms with E-state index in [0.29, 0.717) is 5.56 Å². The fourth-order valence-corrected chi connectivity index (χ4v) is 2.59. The highest BCUT2D eigenvalue weighted by atomic mass is 19.1. The standard InChI is InChI=1S/C18H20FN3O/c1-21-10-12-22(13-11-21)18(23)14-2-6-16(7-3-14)20-17-8-4-15(19)5-9-17/h2-9,20H,10-13H2,1H3. The van der Waals surface area contributed by atoms with Gasteiger partial charge in [0.15, 0.2) is 0 Å². The molecule has 1 amide bonds. The van der Waals surface area contributed by atoms with Crippen LogP contribution in [-0.4, -0.2) is 48.9 Å². The fraction of sp³-hybridized carbons (Fsp3) is 0.278. The minimum Gasteiger partial charge on any atom is -0.356 e. The van der Waals surface area contributed by atoms with Gasteiger partial charge in [0.05, 0.1) is 0 Å². The van der Waals surface area contributed by atoms with Gasteiger partial charge in [0.2, 0.25) is 0 Å². The molecule has 1 aliphatic heterocycles. The predicted molar refractivity (Wildman–Crippen MR) is 89.5 cm³/mol. The van der Waals surface area contributed by atoms with Gasteiger partial charge in [0.25, 0.3) is 5.91 Å². The van der Waals surface area contributed by atoms with Crippen molar-refractivity contribution in [3.63, 3.8) is 0 Å². The van der Waals surface area contributed by atoms with E-state index in [1.165, 1.54) is 12.1 Å². The third-order valence-corrected chi connectivity index (χ3v) is 4.06. The van der Waals surface area contributed by atoms with Crippen molar-refractivity contribution < 1.29 is 9.18 Å². The zero-order valence-electron chi connectivity index (χ0n) is 13.1. The Hall–Kier alpha value is -2.40. The van der Waals surface area contributed by atoms with Crippen LogP contribution in [0.4, 0.5) is 15.8 Å². The van der Waals surface area contributed by atoms with E-state index in [2.05, 4.69) is 17.3 Å².